The Kier molecular flexibility index (Phi) is 4.66. The molecule has 3 unspecified atom stereocenters. The van der Waals surface area contributed by atoms with Gasteiger partial charge in [-0.15, -0.1) is 0 Å². The predicted octanol–water partition coefficient (Wildman–Crippen LogP) is 4.86. The lowest BCUT2D eigenvalue weighted by Crippen LogP contribution is -2.17. The molecular formula is C18H21F2NO2. The first kappa shape index (κ1) is 16.0. The molecular weight excluding hydrogens is 300 g/mol. The molecule has 2 aromatic rings. The summed E-state index contributed by atoms with van der Waals surface area (Å²) in [6.07, 6.45) is 1.21. The third-order valence-corrected chi connectivity index (χ3v) is 4.35. The largest absolute Gasteiger partial charge is 0.464 e. The third-order valence-electron chi connectivity index (χ3n) is 4.35. The minimum atomic E-state index is -2.79. The van der Waals surface area contributed by atoms with Gasteiger partial charge in [0.2, 0.25) is 0 Å². The van der Waals surface area contributed by atoms with Crippen molar-refractivity contribution in [3.05, 3.63) is 53.5 Å². The van der Waals surface area contributed by atoms with E-state index in [0.29, 0.717) is 12.5 Å². The van der Waals surface area contributed by atoms with Gasteiger partial charge in [-0.1, -0.05) is 19.1 Å². The average Bonchev–Trinajstić information content (AvgIpc) is 3.07. The van der Waals surface area contributed by atoms with E-state index in [1.807, 2.05) is 13.0 Å². The van der Waals surface area contributed by atoms with E-state index < -0.39 is 6.61 Å². The maximum absolute atomic E-state index is 12.1. The molecule has 0 bridgehead atoms. The van der Waals surface area contributed by atoms with E-state index >= 15 is 0 Å². The second kappa shape index (κ2) is 6.71. The van der Waals surface area contributed by atoms with Crippen LogP contribution in [0.3, 0.4) is 0 Å². The lowest BCUT2D eigenvalue weighted by Gasteiger charge is -2.14. The predicted molar refractivity (Wildman–Crippen MR) is 83.6 cm³/mol. The third kappa shape index (κ3) is 4.10. The van der Waals surface area contributed by atoms with Crippen LogP contribution < -0.4 is 10.1 Å². The number of furan rings is 1. The Bertz CT molecular complexity index is 639. The van der Waals surface area contributed by atoms with Crippen molar-refractivity contribution in [3.63, 3.8) is 0 Å². The van der Waals surface area contributed by atoms with E-state index in [2.05, 4.69) is 23.0 Å². The lowest BCUT2D eigenvalue weighted by molar-refractivity contribution is -0.0498. The molecule has 1 aliphatic carbocycles. The van der Waals surface area contributed by atoms with E-state index in [1.165, 1.54) is 6.42 Å². The number of nitrogens with one attached hydrogen (secondary N) is 1. The van der Waals surface area contributed by atoms with Gasteiger partial charge in [-0.25, -0.2) is 0 Å². The van der Waals surface area contributed by atoms with Crippen LogP contribution in [0.1, 0.15) is 49.3 Å². The molecule has 23 heavy (non-hydrogen) atoms. The molecule has 5 heteroatoms. The number of hydrogen-bond donors (Lipinski definition) is 1. The van der Waals surface area contributed by atoms with Crippen molar-refractivity contribution < 1.29 is 17.9 Å². The molecule has 3 atom stereocenters. The summed E-state index contributed by atoms with van der Waals surface area (Å²) < 4.78 is 34.5. The maximum Gasteiger partial charge on any atom is 0.387 e. The highest BCUT2D eigenvalue weighted by Crippen LogP contribution is 2.47. The van der Waals surface area contributed by atoms with Crippen molar-refractivity contribution in [1.29, 1.82) is 0 Å². The van der Waals surface area contributed by atoms with Crippen LogP contribution in [-0.2, 0) is 6.54 Å². The van der Waals surface area contributed by atoms with Gasteiger partial charge >= 0.3 is 6.61 Å². The van der Waals surface area contributed by atoms with Gasteiger partial charge in [0.1, 0.15) is 17.3 Å². The van der Waals surface area contributed by atoms with Gasteiger partial charge in [0.05, 0.1) is 6.54 Å². The molecule has 0 aliphatic heterocycles. The van der Waals surface area contributed by atoms with Crippen molar-refractivity contribution in [3.8, 4) is 5.75 Å². The zero-order valence-corrected chi connectivity index (χ0v) is 13.3. The van der Waals surface area contributed by atoms with Crippen LogP contribution in [0.4, 0.5) is 8.78 Å². The Labute approximate surface area is 134 Å². The first-order valence-corrected chi connectivity index (χ1v) is 7.89. The molecule has 0 saturated heterocycles. The molecule has 1 saturated carbocycles. The summed E-state index contributed by atoms with van der Waals surface area (Å²) in [6, 6.07) is 10.8. The van der Waals surface area contributed by atoms with Crippen LogP contribution in [0.2, 0.25) is 0 Å². The topological polar surface area (TPSA) is 34.4 Å². The molecule has 3 rings (SSSR count). The van der Waals surface area contributed by atoms with Crippen molar-refractivity contribution in [1.82, 2.24) is 5.32 Å². The van der Waals surface area contributed by atoms with Crippen molar-refractivity contribution in [2.45, 2.75) is 45.4 Å². The number of hydrogen-bond acceptors (Lipinski definition) is 3. The van der Waals surface area contributed by atoms with Gasteiger partial charge in [-0.3, -0.25) is 0 Å². The van der Waals surface area contributed by atoms with Gasteiger partial charge in [0.25, 0.3) is 0 Å². The summed E-state index contributed by atoms with van der Waals surface area (Å²) >= 11 is 0. The van der Waals surface area contributed by atoms with Gasteiger partial charge < -0.3 is 14.5 Å². The van der Waals surface area contributed by atoms with Crippen molar-refractivity contribution >= 4 is 0 Å². The highest BCUT2D eigenvalue weighted by Gasteiger charge is 2.36. The summed E-state index contributed by atoms with van der Waals surface area (Å²) in [4.78, 5) is 0. The van der Waals surface area contributed by atoms with Crippen LogP contribution >= 0.6 is 0 Å². The van der Waals surface area contributed by atoms with Crippen LogP contribution in [0.5, 0.6) is 5.75 Å². The van der Waals surface area contributed by atoms with E-state index in [1.54, 1.807) is 24.3 Å². The Morgan fingerprint density at radius 1 is 1.22 bits per heavy atom. The first-order chi connectivity index (χ1) is 11.0. The van der Waals surface area contributed by atoms with Crippen LogP contribution in [0.15, 0.2) is 40.8 Å². The highest BCUT2D eigenvalue weighted by atomic mass is 19.3. The van der Waals surface area contributed by atoms with E-state index in [0.717, 1.165) is 23.0 Å². The lowest BCUT2D eigenvalue weighted by atomic mass is 10.1. The molecule has 1 heterocycles. The number of rotatable bonds is 7. The minimum absolute atomic E-state index is 0.0870. The second-order valence-electron chi connectivity index (χ2n) is 6.17. The molecule has 0 spiro atoms. The Morgan fingerprint density at radius 3 is 2.52 bits per heavy atom. The quantitative estimate of drug-likeness (QED) is 0.791. The standard InChI is InChI=1S/C18H21F2NO2/c1-11-9-16(11)17-8-7-15(22-17)10-21-12(2)13-3-5-14(6-4-13)23-18(19)20/h3-8,11-12,16,18,21H,9-10H2,1-2H3. The number of alkyl halides is 2. The van der Waals surface area contributed by atoms with E-state index in [4.69, 9.17) is 4.42 Å². The summed E-state index contributed by atoms with van der Waals surface area (Å²) in [7, 11) is 0. The maximum atomic E-state index is 12.1. The normalized spacial score (nSPS) is 21.4. The summed E-state index contributed by atoms with van der Waals surface area (Å²) in [5.41, 5.74) is 1.01. The van der Waals surface area contributed by atoms with E-state index in [9.17, 15) is 8.78 Å². The summed E-state index contributed by atoms with van der Waals surface area (Å²) in [5, 5.41) is 3.38. The van der Waals surface area contributed by atoms with Crippen molar-refractivity contribution in [2.75, 3.05) is 0 Å². The smallest absolute Gasteiger partial charge is 0.387 e. The van der Waals surface area contributed by atoms with E-state index in [-0.39, 0.29) is 11.8 Å². The number of ether oxygens (including phenoxy) is 1. The second-order valence-corrected chi connectivity index (χ2v) is 6.17. The zero-order valence-electron chi connectivity index (χ0n) is 13.3. The Hall–Kier alpha value is -1.88. The monoisotopic (exact) mass is 321 g/mol. The summed E-state index contributed by atoms with van der Waals surface area (Å²) in [5.74, 6) is 3.49. The SMILES string of the molecule is CC(NCc1ccc(C2CC2C)o1)c1ccc(OC(F)F)cc1. The average molecular weight is 321 g/mol. The van der Waals surface area contributed by atoms with Gasteiger partial charge in [0.15, 0.2) is 0 Å². The van der Waals surface area contributed by atoms with Gasteiger partial charge in [-0.2, -0.15) is 8.78 Å². The molecule has 3 nitrogen and oxygen atoms in total. The fourth-order valence-electron chi connectivity index (χ4n) is 2.72. The van der Waals surface area contributed by atoms with Crippen LogP contribution in [-0.4, -0.2) is 6.61 Å². The molecule has 0 amide bonds. The minimum Gasteiger partial charge on any atom is -0.464 e. The van der Waals surface area contributed by atoms with Crippen LogP contribution in [0, 0.1) is 5.92 Å². The molecule has 1 fully saturated rings. The first-order valence-electron chi connectivity index (χ1n) is 7.89. The molecule has 1 N–H and O–H groups in total. The highest BCUT2D eigenvalue weighted by molar-refractivity contribution is 5.29. The van der Waals surface area contributed by atoms with Crippen molar-refractivity contribution in [2.24, 2.45) is 5.92 Å². The molecule has 1 aliphatic rings. The fourth-order valence-corrected chi connectivity index (χ4v) is 2.72. The molecule has 124 valence electrons. The Balaban J connectivity index is 1.52. The number of halogens is 2. The van der Waals surface area contributed by atoms with Gasteiger partial charge in [-0.05, 0) is 49.1 Å². The Morgan fingerprint density at radius 2 is 1.91 bits per heavy atom. The molecule has 0 radical (unpaired) electrons. The number of benzene rings is 1. The fraction of sp³-hybridized carbons (Fsp3) is 0.444. The molecule has 1 aromatic heterocycles. The van der Waals surface area contributed by atoms with Crippen LogP contribution in [0.25, 0.3) is 0 Å². The summed E-state index contributed by atoms with van der Waals surface area (Å²) in [6.45, 7) is 2.10. The zero-order chi connectivity index (χ0) is 16.4. The molecule has 1 aromatic carbocycles. The van der Waals surface area contributed by atoms with Gasteiger partial charge in [0, 0.05) is 12.0 Å².